The van der Waals surface area contributed by atoms with Crippen molar-refractivity contribution in [3.8, 4) is 0 Å². The summed E-state index contributed by atoms with van der Waals surface area (Å²) in [4.78, 5) is 2.38. The van der Waals surface area contributed by atoms with Crippen LogP contribution in [0.5, 0.6) is 0 Å². The molecule has 1 heterocycles. The maximum absolute atomic E-state index is 6.03. The fourth-order valence-electron chi connectivity index (χ4n) is 3.15. The Balaban J connectivity index is 1.95. The van der Waals surface area contributed by atoms with Crippen molar-refractivity contribution in [3.63, 3.8) is 0 Å². The first kappa shape index (κ1) is 15.5. The summed E-state index contributed by atoms with van der Waals surface area (Å²) < 4.78 is 5.85. The van der Waals surface area contributed by atoms with Crippen LogP contribution in [0.25, 0.3) is 0 Å². The Labute approximate surface area is 123 Å². The number of hydrogen-bond donors (Lipinski definition) is 1. The molecule has 0 spiro atoms. The minimum atomic E-state index is 0.364. The molecule has 0 aromatic heterocycles. The van der Waals surface area contributed by atoms with E-state index in [0.717, 1.165) is 13.2 Å². The van der Waals surface area contributed by atoms with Gasteiger partial charge in [0.05, 0.1) is 6.10 Å². The molecule has 1 fully saturated rings. The Morgan fingerprint density at radius 2 is 2.05 bits per heavy atom. The number of likely N-dealkylation sites (N-methyl/N-ethyl adjacent to an activating group) is 1. The highest BCUT2D eigenvalue weighted by molar-refractivity contribution is 5.20. The summed E-state index contributed by atoms with van der Waals surface area (Å²) in [6, 6.07) is 11.0. The minimum absolute atomic E-state index is 0.364. The smallest absolute Gasteiger partial charge is 0.0702 e. The monoisotopic (exact) mass is 276 g/mol. The molecule has 1 aromatic rings. The number of rotatable bonds is 6. The van der Waals surface area contributed by atoms with E-state index in [2.05, 4.69) is 49.2 Å². The predicted octanol–water partition coefficient (Wildman–Crippen LogP) is 2.62. The average molecular weight is 276 g/mol. The third-order valence-corrected chi connectivity index (χ3v) is 4.48. The zero-order valence-corrected chi connectivity index (χ0v) is 12.8. The number of hydrogen-bond acceptors (Lipinski definition) is 3. The van der Waals surface area contributed by atoms with Gasteiger partial charge in [-0.1, -0.05) is 37.3 Å². The van der Waals surface area contributed by atoms with Crippen molar-refractivity contribution in [2.24, 2.45) is 5.73 Å². The molecule has 0 bridgehead atoms. The molecule has 0 aliphatic carbocycles. The lowest BCUT2D eigenvalue weighted by Gasteiger charge is -2.35. The summed E-state index contributed by atoms with van der Waals surface area (Å²) in [5.74, 6) is 0.440. The van der Waals surface area contributed by atoms with Crippen LogP contribution >= 0.6 is 0 Å². The Bertz CT molecular complexity index is 376. The third kappa shape index (κ3) is 4.05. The Hall–Kier alpha value is -0.900. The Morgan fingerprint density at radius 1 is 1.30 bits per heavy atom. The molecule has 3 atom stereocenters. The molecule has 1 aliphatic heterocycles. The molecule has 3 unspecified atom stereocenters. The van der Waals surface area contributed by atoms with Gasteiger partial charge >= 0.3 is 0 Å². The van der Waals surface area contributed by atoms with Gasteiger partial charge < -0.3 is 10.5 Å². The first-order valence-electron chi connectivity index (χ1n) is 7.79. The van der Waals surface area contributed by atoms with Gasteiger partial charge in [0, 0.05) is 25.7 Å². The van der Waals surface area contributed by atoms with Crippen LogP contribution in [-0.2, 0) is 4.74 Å². The maximum atomic E-state index is 6.03. The van der Waals surface area contributed by atoms with Crippen molar-refractivity contribution >= 4 is 0 Å². The molecular weight excluding hydrogens is 248 g/mol. The van der Waals surface area contributed by atoms with Gasteiger partial charge in [-0.3, -0.25) is 4.90 Å². The van der Waals surface area contributed by atoms with Crippen LogP contribution in [-0.4, -0.2) is 43.8 Å². The zero-order chi connectivity index (χ0) is 14.4. The van der Waals surface area contributed by atoms with E-state index in [9.17, 15) is 0 Å². The highest BCUT2D eigenvalue weighted by Gasteiger charge is 2.25. The van der Waals surface area contributed by atoms with E-state index in [4.69, 9.17) is 10.5 Å². The molecule has 3 heteroatoms. The molecule has 0 saturated carbocycles. The van der Waals surface area contributed by atoms with E-state index in [1.165, 1.54) is 24.8 Å². The molecule has 20 heavy (non-hydrogen) atoms. The van der Waals surface area contributed by atoms with Crippen molar-refractivity contribution in [1.82, 2.24) is 4.90 Å². The van der Waals surface area contributed by atoms with Gasteiger partial charge in [0.2, 0.25) is 0 Å². The van der Waals surface area contributed by atoms with Crippen LogP contribution in [0.1, 0.15) is 37.7 Å². The molecule has 1 aromatic carbocycles. The molecule has 2 N–H and O–H groups in total. The van der Waals surface area contributed by atoms with E-state index >= 15 is 0 Å². The van der Waals surface area contributed by atoms with Crippen LogP contribution in [0, 0.1) is 0 Å². The van der Waals surface area contributed by atoms with E-state index < -0.39 is 0 Å². The summed E-state index contributed by atoms with van der Waals surface area (Å²) in [5.41, 5.74) is 7.40. The highest BCUT2D eigenvalue weighted by Crippen LogP contribution is 2.23. The van der Waals surface area contributed by atoms with Gasteiger partial charge in [0.15, 0.2) is 0 Å². The Morgan fingerprint density at radius 3 is 2.65 bits per heavy atom. The lowest BCUT2D eigenvalue weighted by Crippen LogP contribution is -2.45. The second-order valence-corrected chi connectivity index (χ2v) is 5.93. The van der Waals surface area contributed by atoms with E-state index in [-0.39, 0.29) is 0 Å². The van der Waals surface area contributed by atoms with Gasteiger partial charge in [-0.15, -0.1) is 0 Å². The number of nitrogens with zero attached hydrogens (tertiary/aromatic N) is 1. The summed E-state index contributed by atoms with van der Waals surface area (Å²) in [6.07, 6.45) is 4.06. The molecule has 1 aliphatic rings. The van der Waals surface area contributed by atoms with Crippen molar-refractivity contribution in [3.05, 3.63) is 35.9 Å². The number of ether oxygens (including phenoxy) is 1. The zero-order valence-electron chi connectivity index (χ0n) is 12.8. The summed E-state index contributed by atoms with van der Waals surface area (Å²) in [5, 5.41) is 0. The van der Waals surface area contributed by atoms with Crippen molar-refractivity contribution in [1.29, 1.82) is 0 Å². The largest absolute Gasteiger partial charge is 0.377 e. The highest BCUT2D eigenvalue weighted by atomic mass is 16.5. The molecule has 112 valence electrons. The summed E-state index contributed by atoms with van der Waals surface area (Å²) >= 11 is 0. The van der Waals surface area contributed by atoms with Gasteiger partial charge in [-0.2, -0.15) is 0 Å². The van der Waals surface area contributed by atoms with Crippen LogP contribution in [0.2, 0.25) is 0 Å². The van der Waals surface area contributed by atoms with Gasteiger partial charge in [0.1, 0.15) is 0 Å². The van der Waals surface area contributed by atoms with Crippen LogP contribution < -0.4 is 5.73 Å². The molecular formula is C17H28N2O. The molecule has 3 nitrogen and oxygen atoms in total. The number of benzene rings is 1. The fraction of sp³-hybridized carbons (Fsp3) is 0.647. The van der Waals surface area contributed by atoms with Crippen molar-refractivity contribution in [2.45, 2.75) is 44.2 Å². The SMILES string of the molecule is CC(c1ccccc1)C(CN)N(C)CC1CCCCO1. The minimum Gasteiger partial charge on any atom is -0.377 e. The normalized spacial score (nSPS) is 22.7. The van der Waals surface area contributed by atoms with Gasteiger partial charge in [0.25, 0.3) is 0 Å². The summed E-state index contributed by atoms with van der Waals surface area (Å²) in [7, 11) is 2.18. The molecule has 0 amide bonds. The lowest BCUT2D eigenvalue weighted by molar-refractivity contribution is -0.00910. The second-order valence-electron chi connectivity index (χ2n) is 5.93. The molecule has 1 saturated heterocycles. The maximum Gasteiger partial charge on any atom is 0.0702 e. The predicted molar refractivity (Wildman–Crippen MR) is 83.9 cm³/mol. The quantitative estimate of drug-likeness (QED) is 0.868. The first-order chi connectivity index (χ1) is 9.72. The van der Waals surface area contributed by atoms with E-state index in [1.54, 1.807) is 0 Å². The molecule has 0 radical (unpaired) electrons. The first-order valence-corrected chi connectivity index (χ1v) is 7.79. The van der Waals surface area contributed by atoms with Crippen molar-refractivity contribution < 1.29 is 4.74 Å². The number of nitrogens with two attached hydrogens (primary N) is 1. The molecule has 2 rings (SSSR count). The van der Waals surface area contributed by atoms with Crippen LogP contribution in [0.15, 0.2) is 30.3 Å². The lowest BCUT2D eigenvalue weighted by atomic mass is 9.92. The topological polar surface area (TPSA) is 38.5 Å². The standard InChI is InChI=1S/C17H28N2O/c1-14(15-8-4-3-5-9-15)17(12-18)19(2)13-16-10-6-7-11-20-16/h3-5,8-9,14,16-17H,6-7,10-13,18H2,1-2H3. The van der Waals surface area contributed by atoms with E-state index in [1.807, 2.05) is 0 Å². The van der Waals surface area contributed by atoms with Crippen molar-refractivity contribution in [2.75, 3.05) is 26.7 Å². The second kappa shape index (κ2) is 7.77. The summed E-state index contributed by atoms with van der Waals surface area (Å²) in [6.45, 7) is 4.85. The van der Waals surface area contributed by atoms with Gasteiger partial charge in [-0.25, -0.2) is 0 Å². The van der Waals surface area contributed by atoms with Gasteiger partial charge in [-0.05, 0) is 37.8 Å². The Kier molecular flexibility index (Phi) is 6.02. The fourth-order valence-corrected chi connectivity index (χ4v) is 3.15. The average Bonchev–Trinajstić information content (AvgIpc) is 2.49. The van der Waals surface area contributed by atoms with Crippen LogP contribution in [0.4, 0.5) is 0 Å². The van der Waals surface area contributed by atoms with Crippen LogP contribution in [0.3, 0.4) is 0 Å². The van der Waals surface area contributed by atoms with E-state index in [0.29, 0.717) is 24.6 Å². The third-order valence-electron chi connectivity index (χ3n) is 4.48.